The van der Waals surface area contributed by atoms with Crippen molar-refractivity contribution in [2.45, 2.75) is 0 Å². The Labute approximate surface area is 131 Å². The number of aromatic nitrogens is 2. The van der Waals surface area contributed by atoms with Crippen LogP contribution in [0.15, 0.2) is 61.2 Å². The molecule has 5 heteroatoms. The van der Waals surface area contributed by atoms with Crippen molar-refractivity contribution < 1.29 is 14.3 Å². The van der Waals surface area contributed by atoms with Gasteiger partial charge in [0.25, 0.3) is 0 Å². The molecule has 0 aliphatic heterocycles. The van der Waals surface area contributed by atoms with Crippen LogP contribution in [-0.4, -0.2) is 20.6 Å². The first kappa shape index (κ1) is 14.5. The molecule has 0 radical (unpaired) electrons. The topological polar surface area (TPSA) is 55.1 Å². The van der Waals surface area contributed by atoms with Gasteiger partial charge in [0.1, 0.15) is 5.82 Å². The SMILES string of the molecule is O=C(O)c1ccc(-n2ccnc2)c(C#Cc2ccc(F)cc2)c1. The van der Waals surface area contributed by atoms with E-state index in [-0.39, 0.29) is 11.4 Å². The highest BCUT2D eigenvalue weighted by molar-refractivity contribution is 5.88. The first-order valence-corrected chi connectivity index (χ1v) is 6.77. The summed E-state index contributed by atoms with van der Waals surface area (Å²) in [6.07, 6.45) is 4.99. The summed E-state index contributed by atoms with van der Waals surface area (Å²) in [5, 5.41) is 9.14. The minimum absolute atomic E-state index is 0.150. The second-order valence-electron chi connectivity index (χ2n) is 4.76. The zero-order chi connectivity index (χ0) is 16.2. The van der Waals surface area contributed by atoms with Crippen LogP contribution in [0.5, 0.6) is 0 Å². The van der Waals surface area contributed by atoms with Crippen LogP contribution < -0.4 is 0 Å². The number of benzene rings is 2. The fourth-order valence-electron chi connectivity index (χ4n) is 2.07. The summed E-state index contributed by atoms with van der Waals surface area (Å²) in [7, 11) is 0. The quantitative estimate of drug-likeness (QED) is 0.740. The highest BCUT2D eigenvalue weighted by Gasteiger charge is 2.08. The van der Waals surface area contributed by atoms with E-state index in [4.69, 9.17) is 5.11 Å². The molecular weight excluding hydrogens is 295 g/mol. The maximum Gasteiger partial charge on any atom is 0.335 e. The van der Waals surface area contributed by atoms with Gasteiger partial charge in [0.15, 0.2) is 0 Å². The molecule has 1 aromatic heterocycles. The van der Waals surface area contributed by atoms with Crippen LogP contribution in [-0.2, 0) is 0 Å². The van der Waals surface area contributed by atoms with Crippen LogP contribution in [0.1, 0.15) is 21.5 Å². The summed E-state index contributed by atoms with van der Waals surface area (Å²) in [5.41, 5.74) is 2.07. The van der Waals surface area contributed by atoms with Gasteiger partial charge in [-0.3, -0.25) is 0 Å². The monoisotopic (exact) mass is 306 g/mol. The lowest BCUT2D eigenvalue weighted by Gasteiger charge is -2.06. The maximum absolute atomic E-state index is 12.9. The number of carbonyl (C=O) groups is 1. The largest absolute Gasteiger partial charge is 0.478 e. The average molecular weight is 306 g/mol. The Kier molecular flexibility index (Phi) is 3.89. The molecule has 0 unspecified atom stereocenters. The normalized spacial score (nSPS) is 9.96. The molecule has 0 saturated carbocycles. The molecule has 0 bridgehead atoms. The Hall–Kier alpha value is -3.39. The average Bonchev–Trinajstić information content (AvgIpc) is 3.08. The smallest absolute Gasteiger partial charge is 0.335 e. The van der Waals surface area contributed by atoms with Gasteiger partial charge in [-0.05, 0) is 42.5 Å². The molecule has 1 heterocycles. The summed E-state index contributed by atoms with van der Waals surface area (Å²) < 4.78 is 14.7. The molecule has 23 heavy (non-hydrogen) atoms. The molecular formula is C18H11FN2O2. The number of hydrogen-bond acceptors (Lipinski definition) is 2. The molecule has 0 saturated heterocycles. The van der Waals surface area contributed by atoms with Crippen molar-refractivity contribution in [3.8, 4) is 17.5 Å². The van der Waals surface area contributed by atoms with Crippen LogP contribution >= 0.6 is 0 Å². The molecule has 1 N–H and O–H groups in total. The zero-order valence-corrected chi connectivity index (χ0v) is 11.9. The van der Waals surface area contributed by atoms with Crippen molar-refractivity contribution in [3.05, 3.63) is 83.7 Å². The number of carboxylic acids is 1. The Balaban J connectivity index is 2.07. The Morgan fingerprint density at radius 3 is 2.57 bits per heavy atom. The Morgan fingerprint density at radius 1 is 1.13 bits per heavy atom. The summed E-state index contributed by atoms with van der Waals surface area (Å²) in [6, 6.07) is 10.5. The molecule has 2 aromatic carbocycles. The van der Waals surface area contributed by atoms with E-state index in [9.17, 15) is 9.18 Å². The van der Waals surface area contributed by atoms with Gasteiger partial charge >= 0.3 is 5.97 Å². The van der Waals surface area contributed by atoms with Crippen LogP contribution in [0.2, 0.25) is 0 Å². The van der Waals surface area contributed by atoms with Crippen LogP contribution in [0.4, 0.5) is 4.39 Å². The standard InChI is InChI=1S/C18H11FN2O2/c19-16-6-2-13(3-7-16)1-4-14-11-15(18(22)23)5-8-17(14)21-10-9-20-12-21/h2-3,5-12H,(H,22,23). The number of aromatic carboxylic acids is 1. The zero-order valence-electron chi connectivity index (χ0n) is 11.9. The van der Waals surface area contributed by atoms with Gasteiger partial charge in [-0.2, -0.15) is 0 Å². The molecule has 0 fully saturated rings. The molecule has 112 valence electrons. The highest BCUT2D eigenvalue weighted by Crippen LogP contribution is 2.16. The third-order valence-corrected chi connectivity index (χ3v) is 3.21. The van der Waals surface area contributed by atoms with E-state index in [2.05, 4.69) is 16.8 Å². The number of nitrogens with zero attached hydrogens (tertiary/aromatic N) is 2. The van der Waals surface area contributed by atoms with Gasteiger partial charge in [0.05, 0.1) is 17.6 Å². The molecule has 4 nitrogen and oxygen atoms in total. The van der Waals surface area contributed by atoms with Gasteiger partial charge in [0, 0.05) is 23.5 Å². The third kappa shape index (κ3) is 3.27. The Bertz CT molecular complexity index is 904. The summed E-state index contributed by atoms with van der Waals surface area (Å²) in [5.74, 6) is 4.51. The van der Waals surface area contributed by atoms with Gasteiger partial charge in [-0.15, -0.1) is 0 Å². The predicted octanol–water partition coefficient (Wildman–Crippen LogP) is 3.11. The number of imidazole rings is 1. The van der Waals surface area contributed by atoms with E-state index in [1.807, 2.05) is 0 Å². The van der Waals surface area contributed by atoms with Gasteiger partial charge in [-0.1, -0.05) is 11.8 Å². The van der Waals surface area contributed by atoms with Gasteiger partial charge < -0.3 is 9.67 Å². The molecule has 0 spiro atoms. The van der Waals surface area contributed by atoms with E-state index in [0.717, 1.165) is 5.69 Å². The van der Waals surface area contributed by atoms with Crippen molar-refractivity contribution in [1.82, 2.24) is 9.55 Å². The fraction of sp³-hybridized carbons (Fsp3) is 0. The van der Waals surface area contributed by atoms with E-state index >= 15 is 0 Å². The van der Waals surface area contributed by atoms with E-state index < -0.39 is 5.97 Å². The maximum atomic E-state index is 12.9. The van der Waals surface area contributed by atoms with E-state index in [0.29, 0.717) is 11.1 Å². The van der Waals surface area contributed by atoms with Crippen LogP contribution in [0.3, 0.4) is 0 Å². The van der Waals surface area contributed by atoms with E-state index in [1.54, 1.807) is 41.5 Å². The predicted molar refractivity (Wildman–Crippen MR) is 82.9 cm³/mol. The van der Waals surface area contributed by atoms with Crippen molar-refractivity contribution in [2.75, 3.05) is 0 Å². The minimum atomic E-state index is -1.02. The number of rotatable bonds is 2. The highest BCUT2D eigenvalue weighted by atomic mass is 19.1. The van der Waals surface area contributed by atoms with Crippen LogP contribution in [0.25, 0.3) is 5.69 Å². The Morgan fingerprint density at radius 2 is 1.91 bits per heavy atom. The third-order valence-electron chi connectivity index (χ3n) is 3.21. The summed E-state index contributed by atoms with van der Waals surface area (Å²) in [4.78, 5) is 15.1. The molecule has 0 atom stereocenters. The second kappa shape index (κ2) is 6.16. The minimum Gasteiger partial charge on any atom is -0.478 e. The number of halogens is 1. The molecule has 0 aliphatic carbocycles. The lowest BCUT2D eigenvalue weighted by molar-refractivity contribution is 0.0697. The summed E-state index contributed by atoms with van der Waals surface area (Å²) >= 11 is 0. The first-order valence-electron chi connectivity index (χ1n) is 6.77. The fourth-order valence-corrected chi connectivity index (χ4v) is 2.07. The van der Waals surface area contributed by atoms with Crippen molar-refractivity contribution in [2.24, 2.45) is 0 Å². The number of hydrogen-bond donors (Lipinski definition) is 1. The molecule has 3 rings (SSSR count). The van der Waals surface area contributed by atoms with Gasteiger partial charge in [-0.25, -0.2) is 14.2 Å². The molecule has 0 aliphatic rings. The van der Waals surface area contributed by atoms with Crippen molar-refractivity contribution >= 4 is 5.97 Å². The molecule has 0 amide bonds. The van der Waals surface area contributed by atoms with Crippen LogP contribution in [0, 0.1) is 17.7 Å². The second-order valence-corrected chi connectivity index (χ2v) is 4.76. The lowest BCUT2D eigenvalue weighted by Crippen LogP contribution is -2.00. The van der Waals surface area contributed by atoms with Crippen molar-refractivity contribution in [3.63, 3.8) is 0 Å². The van der Waals surface area contributed by atoms with Gasteiger partial charge in [0.2, 0.25) is 0 Å². The molecule has 3 aromatic rings. The first-order chi connectivity index (χ1) is 11.1. The van der Waals surface area contributed by atoms with Crippen molar-refractivity contribution in [1.29, 1.82) is 0 Å². The summed E-state index contributed by atoms with van der Waals surface area (Å²) in [6.45, 7) is 0. The lowest BCUT2D eigenvalue weighted by atomic mass is 10.1. The number of carboxylic acid groups (broad SMARTS) is 1. The van der Waals surface area contributed by atoms with E-state index in [1.165, 1.54) is 24.3 Å².